The molecule has 0 aliphatic carbocycles. The van der Waals surface area contributed by atoms with E-state index < -0.39 is 5.83 Å². The monoisotopic (exact) mass is 204 g/mol. The predicted molar refractivity (Wildman–Crippen MR) is 59.8 cm³/mol. The molecule has 0 aliphatic rings. The van der Waals surface area contributed by atoms with Gasteiger partial charge in [-0.2, -0.15) is 0 Å². The summed E-state index contributed by atoms with van der Waals surface area (Å²) in [7, 11) is 0. The molecule has 0 aromatic heterocycles. The first kappa shape index (κ1) is 11.2. The van der Waals surface area contributed by atoms with E-state index in [1.54, 1.807) is 0 Å². The zero-order valence-corrected chi connectivity index (χ0v) is 8.45. The van der Waals surface area contributed by atoms with Crippen molar-refractivity contribution in [3.63, 3.8) is 0 Å². The summed E-state index contributed by atoms with van der Waals surface area (Å²) in [5.41, 5.74) is 0.980. The fourth-order valence-electron chi connectivity index (χ4n) is 1.06. The Bertz CT molecular complexity index is 365. The Labute approximate surface area is 89.2 Å². The first-order valence-electron chi connectivity index (χ1n) is 4.58. The van der Waals surface area contributed by atoms with Gasteiger partial charge in [0.15, 0.2) is 11.6 Å². The molecule has 0 atom stereocenters. The standard InChI is InChI=1S/C13H13FO/c1-3-7-13(11(2)14)15-10-12-8-5-4-6-9-12/h3-9H,1-2,10H2/b13-7+. The average Bonchev–Trinajstić information content (AvgIpc) is 2.25. The molecule has 0 aliphatic heterocycles. The van der Waals surface area contributed by atoms with Crippen LogP contribution in [0.3, 0.4) is 0 Å². The molecule has 2 heteroatoms. The van der Waals surface area contributed by atoms with Crippen molar-refractivity contribution in [2.75, 3.05) is 0 Å². The highest BCUT2D eigenvalue weighted by Gasteiger charge is 2.01. The Morgan fingerprint density at radius 1 is 1.33 bits per heavy atom. The maximum absolute atomic E-state index is 12.8. The van der Waals surface area contributed by atoms with Crippen LogP contribution in [0.25, 0.3) is 0 Å². The first-order valence-corrected chi connectivity index (χ1v) is 4.58. The molecule has 0 fully saturated rings. The summed E-state index contributed by atoms with van der Waals surface area (Å²) in [6.07, 6.45) is 2.91. The van der Waals surface area contributed by atoms with Gasteiger partial charge < -0.3 is 4.74 Å². The summed E-state index contributed by atoms with van der Waals surface area (Å²) in [6.45, 7) is 6.98. The number of ether oxygens (including phenoxy) is 1. The number of benzene rings is 1. The third kappa shape index (κ3) is 3.81. The molecule has 0 spiro atoms. The molecule has 0 unspecified atom stereocenters. The van der Waals surface area contributed by atoms with Gasteiger partial charge in [-0.3, -0.25) is 0 Å². The van der Waals surface area contributed by atoms with Crippen LogP contribution < -0.4 is 0 Å². The van der Waals surface area contributed by atoms with E-state index in [0.717, 1.165) is 5.56 Å². The van der Waals surface area contributed by atoms with Gasteiger partial charge in [0.25, 0.3) is 0 Å². The predicted octanol–water partition coefficient (Wildman–Crippen LogP) is 3.76. The van der Waals surface area contributed by atoms with E-state index in [1.165, 1.54) is 12.2 Å². The zero-order valence-electron chi connectivity index (χ0n) is 8.45. The maximum Gasteiger partial charge on any atom is 0.157 e. The summed E-state index contributed by atoms with van der Waals surface area (Å²) >= 11 is 0. The SMILES string of the molecule is C=C/C=C(/OCc1ccccc1)C(=C)F. The van der Waals surface area contributed by atoms with Gasteiger partial charge in [-0.1, -0.05) is 49.6 Å². The molecule has 0 saturated carbocycles. The molecule has 0 amide bonds. The second-order valence-electron chi connectivity index (χ2n) is 2.95. The quantitative estimate of drug-likeness (QED) is 0.524. The van der Waals surface area contributed by atoms with Crippen molar-refractivity contribution < 1.29 is 9.13 Å². The van der Waals surface area contributed by atoms with Crippen molar-refractivity contribution in [3.05, 3.63) is 72.8 Å². The fraction of sp³-hybridized carbons (Fsp3) is 0.0769. The lowest BCUT2D eigenvalue weighted by molar-refractivity contribution is 0.196. The van der Waals surface area contributed by atoms with Crippen LogP contribution in [0.15, 0.2) is 67.2 Å². The number of hydrogen-bond acceptors (Lipinski definition) is 1. The molecule has 0 saturated heterocycles. The number of rotatable bonds is 5. The van der Waals surface area contributed by atoms with Crippen LogP contribution in [-0.4, -0.2) is 0 Å². The van der Waals surface area contributed by atoms with Gasteiger partial charge in [0, 0.05) is 0 Å². The van der Waals surface area contributed by atoms with Crippen LogP contribution in [0.2, 0.25) is 0 Å². The van der Waals surface area contributed by atoms with Crippen LogP contribution in [0.1, 0.15) is 5.56 Å². The van der Waals surface area contributed by atoms with E-state index in [0.29, 0.717) is 6.61 Å². The van der Waals surface area contributed by atoms with E-state index >= 15 is 0 Å². The van der Waals surface area contributed by atoms with Crippen LogP contribution in [0.5, 0.6) is 0 Å². The van der Waals surface area contributed by atoms with Gasteiger partial charge in [0.05, 0.1) is 0 Å². The molecular weight excluding hydrogens is 191 g/mol. The minimum Gasteiger partial charge on any atom is -0.486 e. The van der Waals surface area contributed by atoms with E-state index in [-0.39, 0.29) is 5.76 Å². The first-order chi connectivity index (χ1) is 7.24. The summed E-state index contributed by atoms with van der Waals surface area (Å²) in [4.78, 5) is 0. The second-order valence-corrected chi connectivity index (χ2v) is 2.95. The molecule has 15 heavy (non-hydrogen) atoms. The maximum atomic E-state index is 12.8. The summed E-state index contributed by atoms with van der Waals surface area (Å²) in [5.74, 6) is -0.473. The Kier molecular flexibility index (Phi) is 4.35. The third-order valence-electron chi connectivity index (χ3n) is 1.77. The van der Waals surface area contributed by atoms with Crippen molar-refractivity contribution in [1.82, 2.24) is 0 Å². The summed E-state index contributed by atoms with van der Waals surface area (Å²) in [6, 6.07) is 9.54. The highest BCUT2D eigenvalue weighted by atomic mass is 19.1. The summed E-state index contributed by atoms with van der Waals surface area (Å²) < 4.78 is 18.1. The molecule has 0 bridgehead atoms. The highest BCUT2D eigenvalue weighted by molar-refractivity contribution is 5.21. The number of allylic oxidation sites excluding steroid dienone is 3. The average molecular weight is 204 g/mol. The largest absolute Gasteiger partial charge is 0.486 e. The van der Waals surface area contributed by atoms with Crippen LogP contribution in [0.4, 0.5) is 4.39 Å². The molecule has 0 heterocycles. The van der Waals surface area contributed by atoms with Crippen molar-refractivity contribution in [3.8, 4) is 0 Å². The highest BCUT2D eigenvalue weighted by Crippen LogP contribution is 2.13. The lowest BCUT2D eigenvalue weighted by Crippen LogP contribution is -1.93. The van der Waals surface area contributed by atoms with E-state index in [1.807, 2.05) is 30.3 Å². The van der Waals surface area contributed by atoms with Crippen molar-refractivity contribution in [2.45, 2.75) is 6.61 Å². The van der Waals surface area contributed by atoms with Gasteiger partial charge in [-0.15, -0.1) is 0 Å². The number of hydrogen-bond donors (Lipinski definition) is 0. The van der Waals surface area contributed by atoms with Crippen molar-refractivity contribution in [1.29, 1.82) is 0 Å². The van der Waals surface area contributed by atoms with Gasteiger partial charge >= 0.3 is 0 Å². The lowest BCUT2D eigenvalue weighted by Gasteiger charge is -2.07. The van der Waals surface area contributed by atoms with Crippen LogP contribution >= 0.6 is 0 Å². The Hall–Kier alpha value is -1.83. The molecule has 1 aromatic carbocycles. The number of halogens is 1. The van der Waals surface area contributed by atoms with E-state index in [2.05, 4.69) is 13.2 Å². The third-order valence-corrected chi connectivity index (χ3v) is 1.77. The minimum absolute atomic E-state index is 0.119. The molecule has 78 valence electrons. The van der Waals surface area contributed by atoms with Crippen molar-refractivity contribution >= 4 is 0 Å². The Morgan fingerprint density at radius 3 is 2.53 bits per heavy atom. The molecular formula is C13H13FO. The van der Waals surface area contributed by atoms with Gasteiger partial charge in [-0.25, -0.2) is 4.39 Å². The molecule has 0 N–H and O–H groups in total. The summed E-state index contributed by atoms with van der Waals surface area (Å²) in [5, 5.41) is 0. The van der Waals surface area contributed by atoms with Crippen LogP contribution in [0, 0.1) is 0 Å². The Balaban J connectivity index is 2.59. The van der Waals surface area contributed by atoms with Crippen molar-refractivity contribution in [2.24, 2.45) is 0 Å². The fourth-order valence-corrected chi connectivity index (χ4v) is 1.06. The van der Waals surface area contributed by atoms with Crippen LogP contribution in [-0.2, 0) is 11.3 Å². The lowest BCUT2D eigenvalue weighted by atomic mass is 10.2. The van der Waals surface area contributed by atoms with Gasteiger partial charge in [0.2, 0.25) is 0 Å². The second kappa shape index (κ2) is 5.81. The zero-order chi connectivity index (χ0) is 11.1. The van der Waals surface area contributed by atoms with E-state index in [9.17, 15) is 4.39 Å². The molecule has 1 aromatic rings. The topological polar surface area (TPSA) is 9.23 Å². The Morgan fingerprint density at radius 2 is 2.00 bits per heavy atom. The van der Waals surface area contributed by atoms with Gasteiger partial charge in [0.1, 0.15) is 6.61 Å². The minimum atomic E-state index is -0.592. The van der Waals surface area contributed by atoms with Gasteiger partial charge in [-0.05, 0) is 11.6 Å². The smallest absolute Gasteiger partial charge is 0.157 e. The van der Waals surface area contributed by atoms with E-state index in [4.69, 9.17) is 4.74 Å². The molecule has 0 radical (unpaired) electrons. The molecule has 1 nitrogen and oxygen atoms in total. The normalized spacial score (nSPS) is 10.9. The molecule has 1 rings (SSSR count).